The third kappa shape index (κ3) is 4.38. The summed E-state index contributed by atoms with van der Waals surface area (Å²) in [7, 11) is 3.18. The number of carboxylic acid groups (broad SMARTS) is 1. The molecule has 0 aliphatic carbocycles. The van der Waals surface area contributed by atoms with Crippen molar-refractivity contribution in [3.8, 4) is 5.75 Å². The van der Waals surface area contributed by atoms with Gasteiger partial charge in [0.05, 0.1) is 13.2 Å². The van der Waals surface area contributed by atoms with E-state index in [9.17, 15) is 9.90 Å². The predicted octanol–water partition coefficient (Wildman–Crippen LogP) is 1.83. The van der Waals surface area contributed by atoms with Gasteiger partial charge in [0, 0.05) is 23.0 Å². The molecule has 0 heterocycles. The molecule has 0 aliphatic heterocycles. The van der Waals surface area contributed by atoms with Crippen LogP contribution in [0.25, 0.3) is 0 Å². The van der Waals surface area contributed by atoms with Crippen LogP contribution in [0.1, 0.15) is 24.5 Å². The summed E-state index contributed by atoms with van der Waals surface area (Å²) in [6, 6.07) is 4.58. The van der Waals surface area contributed by atoms with Gasteiger partial charge in [-0.25, -0.2) is 0 Å². The maximum atomic E-state index is 10.6. The number of rotatable bonds is 7. The summed E-state index contributed by atoms with van der Waals surface area (Å²) in [6.07, 6.45) is -0.605. The predicted molar refractivity (Wildman–Crippen MR) is 72.7 cm³/mol. The Hall–Kier alpha value is -1.30. The molecule has 1 aromatic carbocycles. The number of halogens is 1. The van der Waals surface area contributed by atoms with Crippen LogP contribution in [0, 0.1) is 0 Å². The highest BCUT2D eigenvalue weighted by atomic mass is 35.5. The molecular formula is C13H18ClNO4. The van der Waals surface area contributed by atoms with Crippen LogP contribution in [0.15, 0.2) is 18.2 Å². The minimum Gasteiger partial charge on any atom is -0.496 e. The van der Waals surface area contributed by atoms with Crippen molar-refractivity contribution in [2.45, 2.75) is 25.0 Å². The minimum atomic E-state index is -0.898. The van der Waals surface area contributed by atoms with Crippen LogP contribution in [0.4, 0.5) is 0 Å². The Kier molecular flexibility index (Phi) is 6.08. The van der Waals surface area contributed by atoms with E-state index in [1.54, 1.807) is 25.2 Å². The molecule has 106 valence electrons. The van der Waals surface area contributed by atoms with Crippen molar-refractivity contribution in [2.24, 2.45) is 0 Å². The number of nitrogens with one attached hydrogen (secondary N) is 1. The van der Waals surface area contributed by atoms with Crippen LogP contribution in [0.3, 0.4) is 0 Å². The smallest absolute Gasteiger partial charge is 0.303 e. The van der Waals surface area contributed by atoms with Gasteiger partial charge >= 0.3 is 5.97 Å². The lowest BCUT2D eigenvalue weighted by atomic mass is 9.97. The van der Waals surface area contributed by atoms with Gasteiger partial charge in [-0.3, -0.25) is 4.79 Å². The van der Waals surface area contributed by atoms with Crippen LogP contribution >= 0.6 is 11.6 Å². The zero-order chi connectivity index (χ0) is 14.4. The van der Waals surface area contributed by atoms with E-state index in [0.717, 1.165) is 0 Å². The Morgan fingerprint density at radius 3 is 2.74 bits per heavy atom. The number of methoxy groups -OCH3 is 1. The highest BCUT2D eigenvalue weighted by Gasteiger charge is 2.23. The van der Waals surface area contributed by atoms with Gasteiger partial charge in [0.15, 0.2) is 0 Å². The second-order valence-electron chi connectivity index (χ2n) is 4.16. The number of hydrogen-bond donors (Lipinski definition) is 3. The Balaban J connectivity index is 2.92. The maximum Gasteiger partial charge on any atom is 0.303 e. The number of carboxylic acids is 1. The topological polar surface area (TPSA) is 78.8 Å². The first-order chi connectivity index (χ1) is 8.99. The lowest BCUT2D eigenvalue weighted by Crippen LogP contribution is -2.32. The highest BCUT2D eigenvalue weighted by Crippen LogP contribution is 2.31. The molecule has 0 radical (unpaired) electrons. The largest absolute Gasteiger partial charge is 0.496 e. The third-order valence-electron chi connectivity index (χ3n) is 2.93. The fourth-order valence-corrected chi connectivity index (χ4v) is 2.07. The Morgan fingerprint density at radius 1 is 1.53 bits per heavy atom. The second kappa shape index (κ2) is 7.33. The van der Waals surface area contributed by atoms with Crippen molar-refractivity contribution >= 4 is 17.6 Å². The van der Waals surface area contributed by atoms with Crippen LogP contribution in [0.2, 0.25) is 5.02 Å². The van der Waals surface area contributed by atoms with E-state index in [2.05, 4.69) is 5.32 Å². The minimum absolute atomic E-state index is 0.0224. The first-order valence-corrected chi connectivity index (χ1v) is 6.28. The van der Waals surface area contributed by atoms with Gasteiger partial charge in [-0.2, -0.15) is 0 Å². The molecule has 1 rings (SSSR count). The molecule has 0 fully saturated rings. The third-order valence-corrected chi connectivity index (χ3v) is 3.17. The Labute approximate surface area is 117 Å². The molecule has 1 aromatic rings. The molecule has 0 saturated carbocycles. The normalized spacial score (nSPS) is 13.9. The monoisotopic (exact) mass is 287 g/mol. The number of hydrogen-bond acceptors (Lipinski definition) is 4. The van der Waals surface area contributed by atoms with Gasteiger partial charge in [-0.05, 0) is 31.7 Å². The number of aliphatic hydroxyl groups is 1. The average molecular weight is 288 g/mol. The summed E-state index contributed by atoms with van der Waals surface area (Å²) in [6.45, 7) is 0. The van der Waals surface area contributed by atoms with E-state index < -0.39 is 12.1 Å². The number of likely N-dealkylation sites (N-methyl/N-ethyl adjacent to an activating group) is 1. The van der Waals surface area contributed by atoms with E-state index in [1.807, 2.05) is 0 Å². The Morgan fingerprint density at radius 2 is 2.21 bits per heavy atom. The summed E-state index contributed by atoms with van der Waals surface area (Å²) in [4.78, 5) is 10.6. The molecule has 0 aromatic heterocycles. The summed E-state index contributed by atoms with van der Waals surface area (Å²) in [5.74, 6) is -0.377. The summed E-state index contributed by atoms with van der Waals surface area (Å²) >= 11 is 5.91. The van der Waals surface area contributed by atoms with Crippen molar-refractivity contribution in [3.63, 3.8) is 0 Å². The molecule has 0 bridgehead atoms. The zero-order valence-electron chi connectivity index (χ0n) is 10.9. The number of ether oxygens (including phenoxy) is 1. The van der Waals surface area contributed by atoms with Gasteiger partial charge in [0.2, 0.25) is 0 Å². The lowest BCUT2D eigenvalue weighted by molar-refractivity contribution is -0.137. The van der Waals surface area contributed by atoms with E-state index in [4.69, 9.17) is 21.4 Å². The van der Waals surface area contributed by atoms with Crippen LogP contribution in [-0.4, -0.2) is 36.4 Å². The second-order valence-corrected chi connectivity index (χ2v) is 4.60. The van der Waals surface area contributed by atoms with Crippen molar-refractivity contribution in [2.75, 3.05) is 14.2 Å². The van der Waals surface area contributed by atoms with Crippen molar-refractivity contribution in [1.29, 1.82) is 0 Å². The van der Waals surface area contributed by atoms with Crippen LogP contribution < -0.4 is 10.1 Å². The molecule has 0 saturated heterocycles. The van der Waals surface area contributed by atoms with E-state index in [0.29, 0.717) is 22.8 Å². The van der Waals surface area contributed by atoms with E-state index in [-0.39, 0.29) is 12.5 Å². The number of carbonyl (C=O) groups is 1. The molecule has 0 aliphatic rings. The number of aliphatic carboxylic acids is 1. The van der Waals surface area contributed by atoms with Gasteiger partial charge in [0.1, 0.15) is 5.75 Å². The van der Waals surface area contributed by atoms with Gasteiger partial charge < -0.3 is 20.3 Å². The zero-order valence-corrected chi connectivity index (χ0v) is 11.6. The molecule has 2 atom stereocenters. The molecule has 19 heavy (non-hydrogen) atoms. The molecule has 0 spiro atoms. The fraction of sp³-hybridized carbons (Fsp3) is 0.462. The molecule has 5 nitrogen and oxygen atoms in total. The van der Waals surface area contributed by atoms with Crippen LogP contribution in [-0.2, 0) is 4.79 Å². The van der Waals surface area contributed by atoms with Gasteiger partial charge in [-0.15, -0.1) is 0 Å². The first-order valence-electron chi connectivity index (χ1n) is 5.90. The quantitative estimate of drug-likeness (QED) is 0.713. The standard InChI is InChI=1S/C13H18ClNO4/c1-15-10(4-6-12(16)17)13(18)9-7-8(14)3-5-11(9)19-2/h3,5,7,10,13,15,18H,4,6H2,1-2H3,(H,16,17). The Bertz CT molecular complexity index is 439. The molecule has 6 heteroatoms. The number of aliphatic hydroxyl groups excluding tert-OH is 1. The lowest BCUT2D eigenvalue weighted by Gasteiger charge is -2.24. The molecule has 2 unspecified atom stereocenters. The van der Waals surface area contributed by atoms with E-state index in [1.165, 1.54) is 7.11 Å². The SMILES string of the molecule is CNC(CCC(=O)O)C(O)c1cc(Cl)ccc1OC. The van der Waals surface area contributed by atoms with E-state index >= 15 is 0 Å². The van der Waals surface area contributed by atoms with Gasteiger partial charge in [0.25, 0.3) is 0 Å². The molecular weight excluding hydrogens is 270 g/mol. The summed E-state index contributed by atoms with van der Waals surface area (Å²) in [5.41, 5.74) is 0.541. The summed E-state index contributed by atoms with van der Waals surface area (Å²) < 4.78 is 5.18. The van der Waals surface area contributed by atoms with Crippen molar-refractivity contribution < 1.29 is 19.7 Å². The number of benzene rings is 1. The molecule has 0 amide bonds. The van der Waals surface area contributed by atoms with Gasteiger partial charge in [-0.1, -0.05) is 11.6 Å². The molecule has 3 N–H and O–H groups in total. The average Bonchev–Trinajstić information content (AvgIpc) is 2.38. The van der Waals surface area contributed by atoms with Crippen molar-refractivity contribution in [3.05, 3.63) is 28.8 Å². The maximum absolute atomic E-state index is 10.6. The van der Waals surface area contributed by atoms with Crippen LogP contribution in [0.5, 0.6) is 5.75 Å². The fourth-order valence-electron chi connectivity index (χ4n) is 1.89. The summed E-state index contributed by atoms with van der Waals surface area (Å²) in [5, 5.41) is 22.4. The highest BCUT2D eigenvalue weighted by molar-refractivity contribution is 6.30. The van der Waals surface area contributed by atoms with Crippen molar-refractivity contribution in [1.82, 2.24) is 5.32 Å². The first kappa shape index (κ1) is 15.8.